The van der Waals surface area contributed by atoms with Gasteiger partial charge >= 0.3 is 0 Å². The number of ether oxygens (including phenoxy) is 2. The Morgan fingerprint density at radius 3 is 2.52 bits per heavy atom. The molecule has 0 aromatic heterocycles. The first kappa shape index (κ1) is 21.0. The molecule has 0 saturated heterocycles. The van der Waals surface area contributed by atoms with Crippen LogP contribution in [0.25, 0.3) is 0 Å². The van der Waals surface area contributed by atoms with Crippen molar-refractivity contribution in [1.82, 2.24) is 4.31 Å². The van der Waals surface area contributed by atoms with Crippen LogP contribution in [0.5, 0.6) is 11.5 Å². The van der Waals surface area contributed by atoms with E-state index in [0.29, 0.717) is 48.9 Å². The smallest absolute Gasteiger partial charge is 0.243 e. The summed E-state index contributed by atoms with van der Waals surface area (Å²) in [5.74, 6) is 1.44. The average Bonchev–Trinajstić information content (AvgIpc) is 3.29. The molecule has 7 nitrogen and oxygen atoms in total. The number of amides is 1. The van der Waals surface area contributed by atoms with E-state index in [0.717, 1.165) is 42.6 Å². The normalized spacial score (nSPS) is 23.7. The number of hydrogen-bond donors (Lipinski definition) is 1. The van der Waals surface area contributed by atoms with Gasteiger partial charge in [-0.3, -0.25) is 4.79 Å². The third-order valence-electron chi connectivity index (χ3n) is 7.77. The van der Waals surface area contributed by atoms with Crippen molar-refractivity contribution in [3.63, 3.8) is 0 Å². The lowest BCUT2D eigenvalue weighted by atomic mass is 9.72. The molecular formula is C25H28N2O5S. The molecule has 2 aromatic rings. The van der Waals surface area contributed by atoms with Gasteiger partial charge in [-0.2, -0.15) is 4.31 Å². The fourth-order valence-electron chi connectivity index (χ4n) is 6.01. The largest absolute Gasteiger partial charge is 0.486 e. The molecule has 1 N–H and O–H groups in total. The number of nitrogens with one attached hydrogen (secondary N) is 1. The van der Waals surface area contributed by atoms with Crippen LogP contribution in [0.3, 0.4) is 0 Å². The molecule has 0 bridgehead atoms. The zero-order chi connectivity index (χ0) is 22.8. The summed E-state index contributed by atoms with van der Waals surface area (Å²) in [6, 6.07) is 8.86. The van der Waals surface area contributed by atoms with Crippen LogP contribution in [0.4, 0.5) is 5.69 Å². The van der Waals surface area contributed by atoms with Crippen LogP contribution in [-0.4, -0.2) is 38.4 Å². The minimum atomic E-state index is -3.74. The quantitative estimate of drug-likeness (QED) is 0.722. The van der Waals surface area contributed by atoms with Crippen LogP contribution < -0.4 is 14.8 Å². The Morgan fingerprint density at radius 2 is 1.76 bits per heavy atom. The molecule has 0 radical (unpaired) electrons. The molecule has 174 valence electrons. The van der Waals surface area contributed by atoms with Crippen molar-refractivity contribution in [3.8, 4) is 11.5 Å². The lowest BCUT2D eigenvalue weighted by Gasteiger charge is -2.45. The molecule has 33 heavy (non-hydrogen) atoms. The van der Waals surface area contributed by atoms with Crippen LogP contribution in [0.1, 0.15) is 61.8 Å². The minimum Gasteiger partial charge on any atom is -0.486 e. The average molecular weight is 469 g/mol. The topological polar surface area (TPSA) is 84.9 Å². The lowest BCUT2D eigenvalue weighted by molar-refractivity contribution is -0.116. The predicted molar refractivity (Wildman–Crippen MR) is 123 cm³/mol. The fourth-order valence-corrected chi connectivity index (χ4v) is 7.76. The highest BCUT2D eigenvalue weighted by atomic mass is 32.2. The number of aryl methyl sites for hydroxylation is 1. The van der Waals surface area contributed by atoms with Crippen molar-refractivity contribution >= 4 is 21.6 Å². The van der Waals surface area contributed by atoms with Gasteiger partial charge in [0.1, 0.15) is 13.2 Å². The Hall–Kier alpha value is -2.58. The molecule has 3 aliphatic heterocycles. The second kappa shape index (κ2) is 7.46. The summed E-state index contributed by atoms with van der Waals surface area (Å²) < 4.78 is 41.3. The Labute approximate surface area is 194 Å². The van der Waals surface area contributed by atoms with E-state index in [-0.39, 0.29) is 17.4 Å². The van der Waals surface area contributed by atoms with Crippen molar-refractivity contribution in [2.24, 2.45) is 0 Å². The molecule has 1 fully saturated rings. The highest BCUT2D eigenvalue weighted by Crippen LogP contribution is 2.53. The van der Waals surface area contributed by atoms with Crippen LogP contribution >= 0.6 is 0 Å². The van der Waals surface area contributed by atoms with Gasteiger partial charge < -0.3 is 14.8 Å². The number of benzene rings is 2. The van der Waals surface area contributed by atoms with E-state index in [1.54, 1.807) is 22.5 Å². The van der Waals surface area contributed by atoms with Crippen LogP contribution in [-0.2, 0) is 26.7 Å². The second-order valence-electron chi connectivity index (χ2n) is 9.66. The minimum absolute atomic E-state index is 0.0305. The van der Waals surface area contributed by atoms with Gasteiger partial charge in [0.05, 0.1) is 4.90 Å². The van der Waals surface area contributed by atoms with Gasteiger partial charge in [-0.1, -0.05) is 12.8 Å². The number of anilines is 1. The van der Waals surface area contributed by atoms with Crippen molar-refractivity contribution in [3.05, 3.63) is 47.0 Å². The van der Waals surface area contributed by atoms with E-state index in [9.17, 15) is 13.2 Å². The molecule has 1 amide bonds. The standard InChI is InChI=1S/C25H28N2O5S/c1-16-19-13-22-23(32-11-10-31-22)14-20(19)25(8-2-3-9-25)15-27(16)33(29,30)18-5-6-21-17(12-18)4-7-24(28)26-21/h5-6,12-14,16H,2-4,7-11,15H2,1H3,(H,26,28)/t16-/m1/s1. The molecule has 1 aliphatic carbocycles. The molecule has 2 aromatic carbocycles. The number of hydrogen-bond acceptors (Lipinski definition) is 5. The zero-order valence-electron chi connectivity index (χ0n) is 18.7. The van der Waals surface area contributed by atoms with Crippen molar-refractivity contribution < 1.29 is 22.7 Å². The van der Waals surface area contributed by atoms with E-state index in [1.165, 1.54) is 5.56 Å². The van der Waals surface area contributed by atoms with Gasteiger partial charge in [-0.05, 0) is 73.2 Å². The molecule has 6 rings (SSSR count). The predicted octanol–water partition coefficient (Wildman–Crippen LogP) is 3.92. The molecule has 3 heterocycles. The summed E-state index contributed by atoms with van der Waals surface area (Å²) in [4.78, 5) is 12.0. The summed E-state index contributed by atoms with van der Waals surface area (Å²) in [7, 11) is -3.74. The fraction of sp³-hybridized carbons (Fsp3) is 0.480. The van der Waals surface area contributed by atoms with Crippen LogP contribution in [0.15, 0.2) is 35.2 Å². The maximum Gasteiger partial charge on any atom is 0.243 e. The maximum atomic E-state index is 14.0. The van der Waals surface area contributed by atoms with Gasteiger partial charge in [-0.25, -0.2) is 8.42 Å². The Kier molecular flexibility index (Phi) is 4.75. The van der Waals surface area contributed by atoms with Gasteiger partial charge in [0.15, 0.2) is 11.5 Å². The van der Waals surface area contributed by atoms with E-state index in [4.69, 9.17) is 9.47 Å². The van der Waals surface area contributed by atoms with Crippen molar-refractivity contribution in [2.75, 3.05) is 25.1 Å². The Balaban J connectivity index is 1.44. The van der Waals surface area contributed by atoms with E-state index < -0.39 is 10.0 Å². The summed E-state index contributed by atoms with van der Waals surface area (Å²) in [6.45, 7) is 3.47. The summed E-state index contributed by atoms with van der Waals surface area (Å²) >= 11 is 0. The Morgan fingerprint density at radius 1 is 1.03 bits per heavy atom. The van der Waals surface area contributed by atoms with Gasteiger partial charge in [-0.15, -0.1) is 0 Å². The lowest BCUT2D eigenvalue weighted by Crippen LogP contribution is -2.48. The summed E-state index contributed by atoms with van der Waals surface area (Å²) in [5.41, 5.74) is 3.61. The maximum absolute atomic E-state index is 14.0. The van der Waals surface area contributed by atoms with Crippen molar-refractivity contribution in [1.29, 1.82) is 0 Å². The molecule has 0 unspecified atom stereocenters. The first-order valence-corrected chi connectivity index (χ1v) is 13.2. The molecule has 8 heteroatoms. The zero-order valence-corrected chi connectivity index (χ0v) is 19.5. The van der Waals surface area contributed by atoms with Crippen LogP contribution in [0.2, 0.25) is 0 Å². The van der Waals surface area contributed by atoms with Gasteiger partial charge in [0.25, 0.3) is 0 Å². The van der Waals surface area contributed by atoms with Gasteiger partial charge in [0.2, 0.25) is 15.9 Å². The summed E-state index contributed by atoms with van der Waals surface area (Å²) in [5, 5.41) is 2.84. The first-order chi connectivity index (χ1) is 15.9. The third kappa shape index (κ3) is 3.26. The number of carbonyl (C=O) groups excluding carboxylic acids is 1. The third-order valence-corrected chi connectivity index (χ3v) is 9.68. The highest BCUT2D eigenvalue weighted by molar-refractivity contribution is 7.89. The van der Waals surface area contributed by atoms with E-state index >= 15 is 0 Å². The van der Waals surface area contributed by atoms with E-state index in [2.05, 4.69) is 11.4 Å². The molecular weight excluding hydrogens is 440 g/mol. The van der Waals surface area contributed by atoms with Crippen LogP contribution in [0, 0.1) is 0 Å². The van der Waals surface area contributed by atoms with E-state index in [1.807, 2.05) is 13.0 Å². The highest BCUT2D eigenvalue weighted by Gasteiger charge is 2.48. The second-order valence-corrected chi connectivity index (χ2v) is 11.6. The molecule has 1 atom stereocenters. The molecule has 1 saturated carbocycles. The van der Waals surface area contributed by atoms with Crippen molar-refractivity contribution in [2.45, 2.75) is 61.8 Å². The Bertz CT molecular complexity index is 1250. The molecule has 1 spiro atoms. The van der Waals surface area contributed by atoms with Gasteiger partial charge in [0, 0.05) is 30.1 Å². The SMILES string of the molecule is C[C@@H]1c2cc3c(cc2C2(CCCC2)CN1S(=O)(=O)c1ccc2c(c1)CCC(=O)N2)OCCO3. The molecule has 4 aliphatic rings. The monoisotopic (exact) mass is 468 g/mol. The summed E-state index contributed by atoms with van der Waals surface area (Å²) in [6.07, 6.45) is 5.04. The number of carbonyl (C=O) groups is 1. The number of sulfonamides is 1. The number of fused-ring (bicyclic) bond motifs is 4. The number of rotatable bonds is 2. The first-order valence-electron chi connectivity index (χ1n) is 11.8. The number of nitrogens with zero attached hydrogens (tertiary/aromatic N) is 1.